The highest BCUT2D eigenvalue weighted by molar-refractivity contribution is 7.70. The average Bonchev–Trinajstić information content (AvgIpc) is 3.52. The van der Waals surface area contributed by atoms with Crippen LogP contribution in [0.15, 0.2) is 79.1 Å². The molecule has 0 unspecified atom stereocenters. The minimum Gasteiger partial charge on any atom is -0.453 e. The molecule has 5 aromatic rings. The number of rotatable bonds is 17. The average molecular weight is 708 g/mol. The van der Waals surface area contributed by atoms with Crippen molar-refractivity contribution in [1.82, 2.24) is 15.3 Å². The molecule has 0 fully saturated rings. The van der Waals surface area contributed by atoms with Crippen LogP contribution in [0.25, 0.3) is 20.8 Å². The first-order chi connectivity index (χ1) is 23.7. The molecule has 258 valence electrons. The first-order valence-electron chi connectivity index (χ1n) is 15.6. The molecule has 14 heteroatoms. The fourth-order valence-electron chi connectivity index (χ4n) is 4.63. The number of nitrogens with zero attached hydrogens (tertiary/aromatic N) is 2. The van der Waals surface area contributed by atoms with Gasteiger partial charge in [-0.25, -0.2) is 9.18 Å². The van der Waals surface area contributed by atoms with Gasteiger partial charge in [0.2, 0.25) is 0 Å². The number of aromatic nitrogens is 2. The van der Waals surface area contributed by atoms with Crippen molar-refractivity contribution in [3.63, 3.8) is 0 Å². The second-order valence-electron chi connectivity index (χ2n) is 11.3. The second-order valence-corrected chi connectivity index (χ2v) is 15.6. The van der Waals surface area contributed by atoms with Crippen molar-refractivity contribution in [2.24, 2.45) is 0 Å². The fraction of sp³-hybridized carbons (Fsp3) is 0.286. The topological polar surface area (TPSA) is 133 Å². The largest absolute Gasteiger partial charge is 0.453 e. The summed E-state index contributed by atoms with van der Waals surface area (Å²) in [6.07, 6.45) is 3.44. The van der Waals surface area contributed by atoms with E-state index in [0.29, 0.717) is 68.4 Å². The zero-order valence-corrected chi connectivity index (χ0v) is 29.2. The molecule has 3 aromatic heterocycles. The smallest absolute Gasteiger partial charge is 0.323 e. The lowest BCUT2D eigenvalue weighted by atomic mass is 10.2. The van der Waals surface area contributed by atoms with Gasteiger partial charge in [-0.15, -0.1) is 11.3 Å². The molecule has 3 N–H and O–H groups in total. The maximum atomic E-state index is 15.2. The minimum absolute atomic E-state index is 0.00135. The molecule has 0 aliphatic heterocycles. The lowest BCUT2D eigenvalue weighted by molar-refractivity contribution is 0.0255. The van der Waals surface area contributed by atoms with Crippen LogP contribution in [-0.4, -0.2) is 76.0 Å². The molecule has 49 heavy (non-hydrogen) atoms. The first kappa shape index (κ1) is 36.1. The Morgan fingerprint density at radius 3 is 2.39 bits per heavy atom. The molecule has 2 aromatic carbocycles. The summed E-state index contributed by atoms with van der Waals surface area (Å²) in [5.41, 5.74) is 3.26. The highest BCUT2D eigenvalue weighted by Crippen LogP contribution is 2.39. The van der Waals surface area contributed by atoms with Crippen LogP contribution in [0.1, 0.15) is 5.56 Å². The van der Waals surface area contributed by atoms with Gasteiger partial charge in [0, 0.05) is 61.4 Å². The Morgan fingerprint density at radius 2 is 1.65 bits per heavy atom. The molecule has 0 saturated carbocycles. The van der Waals surface area contributed by atoms with Crippen molar-refractivity contribution >= 4 is 51.4 Å². The lowest BCUT2D eigenvalue weighted by Crippen LogP contribution is -2.20. The second kappa shape index (κ2) is 17.4. The predicted molar refractivity (Wildman–Crippen MR) is 193 cm³/mol. The molecular formula is C35H39FN5O6PS. The predicted octanol–water partition coefficient (Wildman–Crippen LogP) is 6.95. The van der Waals surface area contributed by atoms with E-state index in [-0.39, 0.29) is 11.4 Å². The van der Waals surface area contributed by atoms with E-state index in [0.717, 1.165) is 20.8 Å². The molecule has 11 nitrogen and oxygen atoms in total. The maximum absolute atomic E-state index is 15.2. The van der Waals surface area contributed by atoms with Crippen LogP contribution in [0.5, 0.6) is 11.5 Å². The Morgan fingerprint density at radius 1 is 0.878 bits per heavy atom. The monoisotopic (exact) mass is 707 g/mol. The van der Waals surface area contributed by atoms with Gasteiger partial charge < -0.3 is 39.5 Å². The molecular weight excluding hydrogens is 668 g/mol. The standard InChI is InChI=1S/C35H39FN5O6PS/c1-44-15-16-46-18-17-45-14-13-37-22-24-7-9-29(39-23-24)33-21-30-34(49-33)32(11-12-38-30)47-31-10-8-26(20-28(31)36)41-35(42)40-25-5-4-6-27(19-25)48(2,3)43/h4-12,19-21,23,37H,13-18,22H2,1-3H3,(H2,40,41,42). The third-order valence-electron chi connectivity index (χ3n) is 7.14. The molecule has 0 spiro atoms. The van der Waals surface area contributed by atoms with Gasteiger partial charge in [-0.1, -0.05) is 18.2 Å². The van der Waals surface area contributed by atoms with Gasteiger partial charge in [0.25, 0.3) is 0 Å². The number of carbonyl (C=O) groups excluding carboxylic acids is 1. The number of fused-ring (bicyclic) bond motifs is 1. The number of methoxy groups -OCH3 is 1. The van der Waals surface area contributed by atoms with E-state index in [1.165, 1.54) is 23.5 Å². The highest BCUT2D eigenvalue weighted by atomic mass is 32.1. The summed E-state index contributed by atoms with van der Waals surface area (Å²) in [5, 5.41) is 9.30. The van der Waals surface area contributed by atoms with Crippen LogP contribution in [0, 0.1) is 5.82 Å². The number of benzene rings is 2. The van der Waals surface area contributed by atoms with E-state index in [1.54, 1.807) is 63.0 Å². The Balaban J connectivity index is 1.14. The number of nitrogens with one attached hydrogen (secondary N) is 3. The van der Waals surface area contributed by atoms with Crippen molar-refractivity contribution < 1.29 is 32.7 Å². The number of hydrogen-bond acceptors (Lipinski definition) is 10. The number of anilines is 2. The van der Waals surface area contributed by atoms with Gasteiger partial charge in [-0.2, -0.15) is 0 Å². The first-order valence-corrected chi connectivity index (χ1v) is 19.0. The fourth-order valence-corrected chi connectivity index (χ4v) is 6.57. The van der Waals surface area contributed by atoms with Crippen molar-refractivity contribution in [1.29, 1.82) is 0 Å². The minimum atomic E-state index is -2.49. The zero-order valence-electron chi connectivity index (χ0n) is 27.5. The van der Waals surface area contributed by atoms with E-state index in [1.807, 2.05) is 24.4 Å². The van der Waals surface area contributed by atoms with E-state index in [2.05, 4.69) is 25.9 Å². The number of thiophene rings is 1. The number of carbonyl (C=O) groups is 1. The van der Waals surface area contributed by atoms with E-state index < -0.39 is 19.0 Å². The van der Waals surface area contributed by atoms with E-state index in [4.69, 9.17) is 18.9 Å². The summed E-state index contributed by atoms with van der Waals surface area (Å²) in [6.45, 7) is 7.49. The Labute approximate surface area is 288 Å². The number of pyridine rings is 2. The van der Waals surface area contributed by atoms with E-state index >= 15 is 4.39 Å². The molecule has 0 atom stereocenters. The molecule has 5 rings (SSSR count). The number of halogens is 1. The molecule has 0 aliphatic carbocycles. The molecule has 3 heterocycles. The molecule has 2 amide bonds. The van der Waals surface area contributed by atoms with Crippen LogP contribution < -0.4 is 26.0 Å². The number of urea groups is 1. The Bertz CT molecular complexity index is 1900. The third kappa shape index (κ3) is 10.6. The number of amides is 2. The summed E-state index contributed by atoms with van der Waals surface area (Å²) in [5.74, 6) is -0.199. The quantitative estimate of drug-likeness (QED) is 0.0694. The van der Waals surface area contributed by atoms with Crippen LogP contribution in [0.4, 0.5) is 20.6 Å². The van der Waals surface area contributed by atoms with Crippen LogP contribution in [0.2, 0.25) is 0 Å². The summed E-state index contributed by atoms with van der Waals surface area (Å²) < 4.78 is 50.1. The molecule has 0 aliphatic rings. The van der Waals surface area contributed by atoms with Gasteiger partial charge in [-0.05, 0) is 55.3 Å². The highest BCUT2D eigenvalue weighted by Gasteiger charge is 2.15. The lowest BCUT2D eigenvalue weighted by Gasteiger charge is -2.12. The normalized spacial score (nSPS) is 11.5. The summed E-state index contributed by atoms with van der Waals surface area (Å²) in [6, 6.07) is 18.0. The van der Waals surface area contributed by atoms with Crippen molar-refractivity contribution in [3.05, 3.63) is 90.5 Å². The van der Waals surface area contributed by atoms with Gasteiger partial charge in [-0.3, -0.25) is 9.97 Å². The van der Waals surface area contributed by atoms with Crippen molar-refractivity contribution in [3.8, 4) is 22.1 Å². The Kier molecular flexibility index (Phi) is 12.8. The number of hydrogen-bond donors (Lipinski definition) is 3. The molecule has 0 bridgehead atoms. The van der Waals surface area contributed by atoms with Gasteiger partial charge in [0.1, 0.15) is 12.9 Å². The maximum Gasteiger partial charge on any atom is 0.323 e. The van der Waals surface area contributed by atoms with Crippen LogP contribution in [-0.2, 0) is 25.3 Å². The summed E-state index contributed by atoms with van der Waals surface area (Å²) >= 11 is 1.45. The summed E-state index contributed by atoms with van der Waals surface area (Å²) in [4.78, 5) is 22.6. The molecule has 0 radical (unpaired) electrons. The van der Waals surface area contributed by atoms with Crippen LogP contribution in [0.3, 0.4) is 0 Å². The zero-order chi connectivity index (χ0) is 34.6. The number of ether oxygens (including phenoxy) is 4. The summed E-state index contributed by atoms with van der Waals surface area (Å²) in [7, 11) is -0.848. The van der Waals surface area contributed by atoms with Crippen molar-refractivity contribution in [2.75, 3.05) is 70.7 Å². The van der Waals surface area contributed by atoms with E-state index in [9.17, 15) is 9.36 Å². The van der Waals surface area contributed by atoms with Crippen LogP contribution >= 0.6 is 18.5 Å². The molecule has 0 saturated heterocycles. The Hall–Kier alpha value is -4.23. The van der Waals surface area contributed by atoms with Gasteiger partial charge >= 0.3 is 6.03 Å². The van der Waals surface area contributed by atoms with Crippen molar-refractivity contribution in [2.45, 2.75) is 6.54 Å². The van der Waals surface area contributed by atoms with Gasteiger partial charge in [0.05, 0.1) is 53.8 Å². The third-order valence-corrected chi connectivity index (χ3v) is 9.83. The SMILES string of the molecule is COCCOCCOCCNCc1ccc(-c2cc3nccc(Oc4ccc(NC(=O)Nc5cccc(P(C)(C)=O)c5)cc4F)c3s2)nc1. The van der Waals surface area contributed by atoms with Gasteiger partial charge in [0.15, 0.2) is 11.6 Å².